The largest absolute Gasteiger partial charge is 0.244 e. The van der Waals surface area contributed by atoms with E-state index in [-0.39, 0.29) is 18.0 Å². The van der Waals surface area contributed by atoms with E-state index < -0.39 is 10.0 Å². The molecule has 0 saturated carbocycles. The maximum Gasteiger partial charge on any atom is 0.244 e. The Morgan fingerprint density at radius 1 is 0.963 bits per heavy atom. The quantitative estimate of drug-likeness (QED) is 0.735. The standard InChI is InChI=1S/C23H29NO2S/c1-15(2)22-14-21(20-10-8-7-9-11-20)19(6)24(22)27(25,26)23-17(4)12-16(3)13-18(23)5/h7-15,19,22H,1-6H3/t19-,22-/m1/s1. The topological polar surface area (TPSA) is 37.4 Å². The molecule has 2 aromatic carbocycles. The smallest absolute Gasteiger partial charge is 0.207 e. The van der Waals surface area contributed by atoms with Crippen molar-refractivity contribution < 1.29 is 8.42 Å². The van der Waals surface area contributed by atoms with Crippen LogP contribution in [0.1, 0.15) is 43.0 Å². The average Bonchev–Trinajstić information content (AvgIpc) is 2.93. The molecule has 27 heavy (non-hydrogen) atoms. The van der Waals surface area contributed by atoms with Crippen molar-refractivity contribution in [2.24, 2.45) is 5.92 Å². The Morgan fingerprint density at radius 3 is 2.04 bits per heavy atom. The van der Waals surface area contributed by atoms with Crippen LogP contribution in [0.4, 0.5) is 0 Å². The first-order chi connectivity index (χ1) is 12.6. The number of benzene rings is 2. The summed E-state index contributed by atoms with van der Waals surface area (Å²) in [5.41, 5.74) is 4.89. The van der Waals surface area contributed by atoms with E-state index in [1.165, 1.54) is 0 Å². The third-order valence-corrected chi connectivity index (χ3v) is 7.68. The number of aryl methyl sites for hydroxylation is 3. The van der Waals surface area contributed by atoms with Gasteiger partial charge in [0, 0.05) is 12.1 Å². The summed E-state index contributed by atoms with van der Waals surface area (Å²) in [6.07, 6.45) is 2.14. The zero-order valence-electron chi connectivity index (χ0n) is 17.0. The summed E-state index contributed by atoms with van der Waals surface area (Å²) < 4.78 is 29.3. The molecule has 0 radical (unpaired) electrons. The van der Waals surface area contributed by atoms with Gasteiger partial charge in [0.2, 0.25) is 10.0 Å². The van der Waals surface area contributed by atoms with Gasteiger partial charge in [-0.25, -0.2) is 8.42 Å². The van der Waals surface area contributed by atoms with Gasteiger partial charge in [0.15, 0.2) is 0 Å². The van der Waals surface area contributed by atoms with Crippen LogP contribution in [0.15, 0.2) is 53.4 Å². The zero-order valence-corrected chi connectivity index (χ0v) is 17.8. The molecular formula is C23H29NO2S. The van der Waals surface area contributed by atoms with E-state index in [2.05, 4.69) is 32.1 Å². The molecule has 0 saturated heterocycles. The molecule has 2 atom stereocenters. The predicted octanol–water partition coefficient (Wildman–Crippen LogP) is 5.11. The first-order valence-corrected chi connectivity index (χ1v) is 11.0. The third-order valence-electron chi connectivity index (χ3n) is 5.41. The molecular weight excluding hydrogens is 354 g/mol. The normalized spacial score (nSPS) is 20.9. The molecule has 2 aromatic rings. The fourth-order valence-electron chi connectivity index (χ4n) is 4.29. The Balaban J connectivity index is 2.13. The molecule has 3 rings (SSSR count). The summed E-state index contributed by atoms with van der Waals surface area (Å²) in [6.45, 7) is 11.9. The van der Waals surface area contributed by atoms with Gasteiger partial charge in [-0.3, -0.25) is 0 Å². The molecule has 0 spiro atoms. The second kappa shape index (κ2) is 7.25. The van der Waals surface area contributed by atoms with E-state index in [4.69, 9.17) is 0 Å². The fraction of sp³-hybridized carbons (Fsp3) is 0.391. The lowest BCUT2D eigenvalue weighted by Crippen LogP contribution is -2.44. The SMILES string of the molecule is Cc1cc(C)c(S(=O)(=O)N2[C@H](C)C(c3ccccc3)=C[C@@H]2C(C)C)c(C)c1. The highest BCUT2D eigenvalue weighted by molar-refractivity contribution is 7.89. The lowest BCUT2D eigenvalue weighted by Gasteiger charge is -2.32. The van der Waals surface area contributed by atoms with E-state index >= 15 is 0 Å². The Hall–Kier alpha value is -1.91. The van der Waals surface area contributed by atoms with Gasteiger partial charge in [-0.1, -0.05) is 68.0 Å². The minimum absolute atomic E-state index is 0.152. The molecule has 0 aliphatic carbocycles. The summed E-state index contributed by atoms with van der Waals surface area (Å²) in [5, 5.41) is 0. The molecule has 0 fully saturated rings. The first kappa shape index (κ1) is 19.8. The molecule has 1 aliphatic rings. The van der Waals surface area contributed by atoms with Crippen LogP contribution in [-0.2, 0) is 10.0 Å². The van der Waals surface area contributed by atoms with Crippen LogP contribution in [0, 0.1) is 26.7 Å². The van der Waals surface area contributed by atoms with Crippen molar-refractivity contribution in [3.05, 3.63) is 70.8 Å². The minimum Gasteiger partial charge on any atom is -0.207 e. The van der Waals surface area contributed by atoms with Crippen LogP contribution in [0.5, 0.6) is 0 Å². The Kier molecular flexibility index (Phi) is 5.33. The van der Waals surface area contributed by atoms with Gasteiger partial charge < -0.3 is 0 Å². The molecule has 4 heteroatoms. The maximum absolute atomic E-state index is 13.8. The number of hydrogen-bond acceptors (Lipinski definition) is 2. The second-order valence-corrected chi connectivity index (χ2v) is 9.74. The fourth-order valence-corrected chi connectivity index (χ4v) is 6.59. The number of rotatable bonds is 4. The van der Waals surface area contributed by atoms with Crippen molar-refractivity contribution in [2.45, 2.75) is 58.5 Å². The number of hydrogen-bond donors (Lipinski definition) is 0. The summed E-state index contributed by atoms with van der Waals surface area (Å²) >= 11 is 0. The van der Waals surface area contributed by atoms with E-state index in [1.807, 2.05) is 58.0 Å². The van der Waals surface area contributed by atoms with Crippen LogP contribution in [-0.4, -0.2) is 24.8 Å². The Morgan fingerprint density at radius 2 is 1.52 bits per heavy atom. The number of sulfonamides is 1. The molecule has 0 amide bonds. The summed E-state index contributed by atoms with van der Waals surface area (Å²) in [7, 11) is -3.62. The molecule has 0 N–H and O–H groups in total. The van der Waals surface area contributed by atoms with Gasteiger partial charge in [-0.05, 0) is 55.9 Å². The molecule has 0 bridgehead atoms. The highest BCUT2D eigenvalue weighted by atomic mass is 32.2. The minimum atomic E-state index is -3.62. The maximum atomic E-state index is 13.8. The number of nitrogens with zero attached hydrogens (tertiary/aromatic N) is 1. The lowest BCUT2D eigenvalue weighted by molar-refractivity contribution is 0.302. The summed E-state index contributed by atoms with van der Waals surface area (Å²) in [6, 6.07) is 13.6. The van der Waals surface area contributed by atoms with Crippen LogP contribution >= 0.6 is 0 Å². The van der Waals surface area contributed by atoms with Gasteiger partial charge in [0.05, 0.1) is 4.90 Å². The Labute approximate surface area is 163 Å². The molecule has 0 unspecified atom stereocenters. The van der Waals surface area contributed by atoms with Crippen LogP contribution in [0.3, 0.4) is 0 Å². The molecule has 3 nitrogen and oxygen atoms in total. The lowest BCUT2D eigenvalue weighted by atomic mass is 10.00. The van der Waals surface area contributed by atoms with Crippen LogP contribution < -0.4 is 0 Å². The third kappa shape index (κ3) is 3.48. The van der Waals surface area contributed by atoms with E-state index in [9.17, 15) is 8.42 Å². The van der Waals surface area contributed by atoms with E-state index in [1.54, 1.807) is 4.31 Å². The van der Waals surface area contributed by atoms with Crippen LogP contribution in [0.2, 0.25) is 0 Å². The van der Waals surface area contributed by atoms with Crippen molar-refractivity contribution in [3.8, 4) is 0 Å². The van der Waals surface area contributed by atoms with E-state index in [0.717, 1.165) is 27.8 Å². The van der Waals surface area contributed by atoms with Crippen LogP contribution in [0.25, 0.3) is 5.57 Å². The molecule has 1 aliphatic heterocycles. The molecule has 1 heterocycles. The highest BCUT2D eigenvalue weighted by Crippen LogP contribution is 2.39. The summed E-state index contributed by atoms with van der Waals surface area (Å²) in [4.78, 5) is 0.452. The molecule has 0 aromatic heterocycles. The van der Waals surface area contributed by atoms with Gasteiger partial charge in [-0.2, -0.15) is 4.31 Å². The van der Waals surface area contributed by atoms with Gasteiger partial charge in [-0.15, -0.1) is 0 Å². The average molecular weight is 384 g/mol. The van der Waals surface area contributed by atoms with Crippen molar-refractivity contribution >= 4 is 15.6 Å². The Bertz CT molecular complexity index is 952. The van der Waals surface area contributed by atoms with Gasteiger partial charge >= 0.3 is 0 Å². The summed E-state index contributed by atoms with van der Waals surface area (Å²) in [5.74, 6) is 0.189. The van der Waals surface area contributed by atoms with Gasteiger partial charge in [0.25, 0.3) is 0 Å². The van der Waals surface area contributed by atoms with Crippen molar-refractivity contribution in [3.63, 3.8) is 0 Å². The predicted molar refractivity (Wildman–Crippen MR) is 112 cm³/mol. The monoisotopic (exact) mass is 383 g/mol. The second-order valence-electron chi connectivity index (χ2n) is 7.96. The zero-order chi connectivity index (χ0) is 19.9. The van der Waals surface area contributed by atoms with E-state index in [0.29, 0.717) is 4.90 Å². The first-order valence-electron chi connectivity index (χ1n) is 9.53. The van der Waals surface area contributed by atoms with Crippen molar-refractivity contribution in [1.82, 2.24) is 4.31 Å². The van der Waals surface area contributed by atoms with Gasteiger partial charge in [0.1, 0.15) is 0 Å². The van der Waals surface area contributed by atoms with Crippen molar-refractivity contribution in [2.75, 3.05) is 0 Å². The highest BCUT2D eigenvalue weighted by Gasteiger charge is 2.43. The molecule has 144 valence electrons. The van der Waals surface area contributed by atoms with Crippen molar-refractivity contribution in [1.29, 1.82) is 0 Å².